The molecule has 1 aromatic rings. The summed E-state index contributed by atoms with van der Waals surface area (Å²) in [4.78, 5) is 2.58. The quantitative estimate of drug-likeness (QED) is 0.859. The summed E-state index contributed by atoms with van der Waals surface area (Å²) in [5.41, 5.74) is 1.19. The number of nitrogens with one attached hydrogen (secondary N) is 1. The van der Waals surface area contributed by atoms with Crippen LogP contribution in [0.5, 0.6) is 0 Å². The molecule has 4 heteroatoms. The van der Waals surface area contributed by atoms with Crippen molar-refractivity contribution in [2.75, 3.05) is 19.6 Å². The Morgan fingerprint density at radius 3 is 2.45 bits per heavy atom. The van der Waals surface area contributed by atoms with Gasteiger partial charge >= 0.3 is 0 Å². The van der Waals surface area contributed by atoms with Crippen LogP contribution in [-0.4, -0.2) is 30.6 Å². The standard InChI is InChI=1S/C16H24Cl2N2/c1-12(20-8-4-3-5-9-20)11-19-13(2)14-6-7-15(17)16(18)10-14/h6-7,10,12-13,19H,3-5,8-9,11H2,1-2H3. The number of benzene rings is 1. The molecule has 1 fully saturated rings. The summed E-state index contributed by atoms with van der Waals surface area (Å²) in [6, 6.07) is 6.73. The van der Waals surface area contributed by atoms with Gasteiger partial charge in [-0.05, 0) is 57.5 Å². The monoisotopic (exact) mass is 314 g/mol. The van der Waals surface area contributed by atoms with Crippen LogP contribution in [0.25, 0.3) is 0 Å². The van der Waals surface area contributed by atoms with E-state index in [0.717, 1.165) is 6.54 Å². The van der Waals surface area contributed by atoms with Crippen LogP contribution in [0.3, 0.4) is 0 Å². The van der Waals surface area contributed by atoms with Crippen LogP contribution in [0, 0.1) is 0 Å². The molecule has 0 spiro atoms. The maximum absolute atomic E-state index is 6.07. The summed E-state index contributed by atoms with van der Waals surface area (Å²) < 4.78 is 0. The molecule has 112 valence electrons. The van der Waals surface area contributed by atoms with Gasteiger partial charge in [0.1, 0.15) is 0 Å². The normalized spacial score (nSPS) is 19.8. The number of halogens is 2. The fourth-order valence-corrected chi connectivity index (χ4v) is 3.04. The first-order valence-corrected chi connectivity index (χ1v) is 8.26. The summed E-state index contributed by atoms with van der Waals surface area (Å²) in [5, 5.41) is 4.84. The molecule has 1 saturated heterocycles. The maximum atomic E-state index is 6.07. The largest absolute Gasteiger partial charge is 0.309 e. The lowest BCUT2D eigenvalue weighted by Gasteiger charge is -2.33. The minimum atomic E-state index is 0.289. The molecule has 1 aliphatic heterocycles. The topological polar surface area (TPSA) is 15.3 Å². The Kier molecular flexibility index (Phi) is 6.16. The van der Waals surface area contributed by atoms with Crippen LogP contribution in [0.4, 0.5) is 0 Å². The van der Waals surface area contributed by atoms with E-state index in [1.54, 1.807) is 0 Å². The van der Waals surface area contributed by atoms with Gasteiger partial charge in [0.2, 0.25) is 0 Å². The van der Waals surface area contributed by atoms with E-state index in [9.17, 15) is 0 Å². The average molecular weight is 315 g/mol. The maximum Gasteiger partial charge on any atom is 0.0595 e. The second-order valence-corrected chi connectivity index (χ2v) is 6.56. The van der Waals surface area contributed by atoms with E-state index in [-0.39, 0.29) is 6.04 Å². The molecule has 0 amide bonds. The molecule has 2 nitrogen and oxygen atoms in total. The highest BCUT2D eigenvalue weighted by Gasteiger charge is 2.17. The zero-order chi connectivity index (χ0) is 14.5. The van der Waals surface area contributed by atoms with Gasteiger partial charge in [0.25, 0.3) is 0 Å². The van der Waals surface area contributed by atoms with E-state index in [1.807, 2.05) is 18.2 Å². The van der Waals surface area contributed by atoms with Gasteiger partial charge in [0.05, 0.1) is 10.0 Å². The zero-order valence-electron chi connectivity index (χ0n) is 12.3. The highest BCUT2D eigenvalue weighted by molar-refractivity contribution is 6.42. The van der Waals surface area contributed by atoms with Crippen molar-refractivity contribution in [3.63, 3.8) is 0 Å². The molecule has 2 atom stereocenters. The van der Waals surface area contributed by atoms with Crippen LogP contribution in [-0.2, 0) is 0 Å². The molecule has 0 bridgehead atoms. The zero-order valence-corrected chi connectivity index (χ0v) is 13.8. The molecule has 2 rings (SSSR count). The third kappa shape index (κ3) is 4.36. The van der Waals surface area contributed by atoms with Gasteiger partial charge in [-0.3, -0.25) is 4.90 Å². The summed E-state index contributed by atoms with van der Waals surface area (Å²) in [5.74, 6) is 0. The van der Waals surface area contributed by atoms with Gasteiger partial charge in [0.15, 0.2) is 0 Å². The van der Waals surface area contributed by atoms with Gasteiger partial charge in [-0.1, -0.05) is 35.7 Å². The number of nitrogens with zero attached hydrogens (tertiary/aromatic N) is 1. The molecule has 1 N–H and O–H groups in total. The van der Waals surface area contributed by atoms with Gasteiger partial charge in [-0.2, -0.15) is 0 Å². The second-order valence-electron chi connectivity index (χ2n) is 5.75. The predicted octanol–water partition coefficient (Wildman–Crippen LogP) is 4.52. The van der Waals surface area contributed by atoms with Crippen LogP contribution in [0.15, 0.2) is 18.2 Å². The van der Waals surface area contributed by atoms with Gasteiger partial charge < -0.3 is 5.32 Å². The van der Waals surface area contributed by atoms with Crippen LogP contribution >= 0.6 is 23.2 Å². The molecular formula is C16H24Cl2N2. The highest BCUT2D eigenvalue weighted by Crippen LogP contribution is 2.25. The predicted molar refractivity (Wildman–Crippen MR) is 87.8 cm³/mol. The van der Waals surface area contributed by atoms with E-state index >= 15 is 0 Å². The number of hydrogen-bond donors (Lipinski definition) is 1. The van der Waals surface area contributed by atoms with E-state index < -0.39 is 0 Å². The second kappa shape index (κ2) is 7.65. The minimum absolute atomic E-state index is 0.289. The smallest absolute Gasteiger partial charge is 0.0595 e. The molecule has 20 heavy (non-hydrogen) atoms. The number of hydrogen-bond acceptors (Lipinski definition) is 2. The first-order valence-electron chi connectivity index (χ1n) is 7.50. The molecular weight excluding hydrogens is 291 g/mol. The molecule has 1 aliphatic rings. The Balaban J connectivity index is 1.84. The fourth-order valence-electron chi connectivity index (χ4n) is 2.74. The van der Waals surface area contributed by atoms with Crippen LogP contribution in [0.2, 0.25) is 10.0 Å². The van der Waals surface area contributed by atoms with Gasteiger partial charge in [-0.15, -0.1) is 0 Å². The van der Waals surface area contributed by atoms with Crippen molar-refractivity contribution in [3.05, 3.63) is 33.8 Å². The molecule has 2 unspecified atom stereocenters. The molecule has 0 radical (unpaired) electrons. The Hall–Kier alpha value is -0.280. The van der Waals surface area contributed by atoms with Crippen LogP contribution < -0.4 is 5.32 Å². The average Bonchev–Trinajstić information content (AvgIpc) is 2.48. The molecule has 1 aromatic carbocycles. The first-order chi connectivity index (χ1) is 9.58. The van der Waals surface area contributed by atoms with Crippen molar-refractivity contribution in [3.8, 4) is 0 Å². The van der Waals surface area contributed by atoms with Gasteiger partial charge in [0, 0.05) is 18.6 Å². The Labute approximate surface area is 132 Å². The van der Waals surface area contributed by atoms with Crippen molar-refractivity contribution in [1.29, 1.82) is 0 Å². The van der Waals surface area contributed by atoms with Crippen molar-refractivity contribution in [2.45, 2.75) is 45.2 Å². The molecule has 0 aliphatic carbocycles. The Morgan fingerprint density at radius 1 is 1.10 bits per heavy atom. The lowest BCUT2D eigenvalue weighted by molar-refractivity contribution is 0.168. The highest BCUT2D eigenvalue weighted by atomic mass is 35.5. The fraction of sp³-hybridized carbons (Fsp3) is 0.625. The lowest BCUT2D eigenvalue weighted by atomic mass is 10.1. The Bertz CT molecular complexity index is 430. The summed E-state index contributed by atoms with van der Waals surface area (Å²) in [6.45, 7) is 7.96. The van der Waals surface area contributed by atoms with Crippen LogP contribution in [0.1, 0.15) is 44.7 Å². The number of piperidine rings is 1. The SMILES string of the molecule is CC(NCC(C)N1CCCCC1)c1ccc(Cl)c(Cl)c1. The van der Waals surface area contributed by atoms with E-state index in [4.69, 9.17) is 23.2 Å². The molecule has 1 heterocycles. The van der Waals surface area contributed by atoms with Crippen molar-refractivity contribution >= 4 is 23.2 Å². The summed E-state index contributed by atoms with van der Waals surface area (Å²) >= 11 is 12.0. The van der Waals surface area contributed by atoms with Gasteiger partial charge in [-0.25, -0.2) is 0 Å². The third-order valence-corrected chi connectivity index (χ3v) is 4.92. The van der Waals surface area contributed by atoms with E-state index in [2.05, 4.69) is 24.1 Å². The summed E-state index contributed by atoms with van der Waals surface area (Å²) in [6.07, 6.45) is 4.07. The minimum Gasteiger partial charge on any atom is -0.309 e. The lowest BCUT2D eigenvalue weighted by Crippen LogP contribution is -2.43. The third-order valence-electron chi connectivity index (χ3n) is 4.18. The number of rotatable bonds is 5. The summed E-state index contributed by atoms with van der Waals surface area (Å²) in [7, 11) is 0. The molecule has 0 aromatic heterocycles. The van der Waals surface area contributed by atoms with Crippen molar-refractivity contribution in [2.24, 2.45) is 0 Å². The number of likely N-dealkylation sites (tertiary alicyclic amines) is 1. The Morgan fingerprint density at radius 2 is 1.80 bits per heavy atom. The molecule has 0 saturated carbocycles. The first kappa shape index (κ1) is 16.1. The van der Waals surface area contributed by atoms with Crippen molar-refractivity contribution in [1.82, 2.24) is 10.2 Å². The van der Waals surface area contributed by atoms with E-state index in [1.165, 1.54) is 37.9 Å². The van der Waals surface area contributed by atoms with Crippen molar-refractivity contribution < 1.29 is 0 Å². The van der Waals surface area contributed by atoms with E-state index in [0.29, 0.717) is 16.1 Å².